The van der Waals surface area contributed by atoms with E-state index in [-0.39, 0.29) is 34.9 Å². The number of aryl methyl sites for hydroxylation is 1. The second-order valence-corrected chi connectivity index (χ2v) is 11.9. The van der Waals surface area contributed by atoms with Gasteiger partial charge in [0.25, 0.3) is 11.8 Å². The van der Waals surface area contributed by atoms with Crippen LogP contribution in [-0.2, 0) is 18.4 Å². The third kappa shape index (κ3) is 5.38. The highest BCUT2D eigenvalue weighted by Gasteiger charge is 2.42. The van der Waals surface area contributed by atoms with Gasteiger partial charge in [0.15, 0.2) is 17.0 Å². The van der Waals surface area contributed by atoms with Gasteiger partial charge in [-0.05, 0) is 48.8 Å². The summed E-state index contributed by atoms with van der Waals surface area (Å²) in [6.45, 7) is 4.49. The molecule has 1 aromatic carbocycles. The summed E-state index contributed by atoms with van der Waals surface area (Å²) in [7, 11) is 5.10. The predicted molar refractivity (Wildman–Crippen MR) is 151 cm³/mol. The first-order chi connectivity index (χ1) is 19.8. The molecule has 13 heteroatoms. The third-order valence-electron chi connectivity index (χ3n) is 8.36. The number of amides is 3. The van der Waals surface area contributed by atoms with Gasteiger partial charge in [-0.25, -0.2) is 18.7 Å². The van der Waals surface area contributed by atoms with Crippen molar-refractivity contribution < 1.29 is 23.2 Å². The molecule has 1 fully saturated rings. The largest absolute Gasteiger partial charge is 0.419 e. The second-order valence-electron chi connectivity index (χ2n) is 11.9. The maximum absolute atomic E-state index is 14.5. The van der Waals surface area contributed by atoms with E-state index in [0.29, 0.717) is 36.0 Å². The fourth-order valence-corrected chi connectivity index (χ4v) is 5.49. The zero-order chi connectivity index (χ0) is 30.4. The van der Waals surface area contributed by atoms with Crippen molar-refractivity contribution in [2.24, 2.45) is 17.9 Å². The van der Waals surface area contributed by atoms with Crippen LogP contribution in [0.4, 0.5) is 4.39 Å². The first-order valence-electron chi connectivity index (χ1n) is 13.7. The van der Waals surface area contributed by atoms with E-state index >= 15 is 0 Å². The van der Waals surface area contributed by atoms with Gasteiger partial charge >= 0.3 is 5.76 Å². The zero-order valence-electron chi connectivity index (χ0n) is 24.3. The van der Waals surface area contributed by atoms with E-state index < -0.39 is 28.8 Å². The molecular formula is C29H34FN7O5. The number of nitrogens with one attached hydrogen (secondary N) is 2. The fourth-order valence-electron chi connectivity index (χ4n) is 5.49. The molecule has 0 aliphatic heterocycles. The lowest BCUT2D eigenvalue weighted by atomic mass is 9.64. The molecule has 4 aromatic rings. The maximum atomic E-state index is 14.5. The smallest absolute Gasteiger partial charge is 0.408 e. The van der Waals surface area contributed by atoms with Crippen molar-refractivity contribution in [1.29, 1.82) is 0 Å². The number of oxazole rings is 1. The van der Waals surface area contributed by atoms with E-state index in [0.717, 1.165) is 23.6 Å². The monoisotopic (exact) mass is 579 g/mol. The summed E-state index contributed by atoms with van der Waals surface area (Å²) in [5, 5.41) is 9.60. The molecule has 42 heavy (non-hydrogen) atoms. The summed E-state index contributed by atoms with van der Waals surface area (Å²) >= 11 is 0. The highest BCUT2D eigenvalue weighted by atomic mass is 19.1. The summed E-state index contributed by atoms with van der Waals surface area (Å²) in [6, 6.07) is 6.35. The fraction of sp³-hybridized carbons (Fsp3) is 0.448. The third-order valence-corrected chi connectivity index (χ3v) is 8.36. The van der Waals surface area contributed by atoms with Gasteiger partial charge in [-0.2, -0.15) is 5.10 Å². The molecule has 0 unspecified atom stereocenters. The number of carbonyl (C=O) groups excluding carboxylic acids is 3. The van der Waals surface area contributed by atoms with E-state index in [2.05, 4.69) is 27.6 Å². The molecule has 222 valence electrons. The number of rotatable bonds is 7. The van der Waals surface area contributed by atoms with E-state index in [1.165, 1.54) is 10.6 Å². The van der Waals surface area contributed by atoms with Gasteiger partial charge in [0.2, 0.25) is 5.91 Å². The summed E-state index contributed by atoms with van der Waals surface area (Å²) in [4.78, 5) is 56.5. The molecule has 3 heterocycles. The number of halogens is 1. The standard InChI is InChI=1S/C29H34FN7O5/c1-28(8-10-29(2,11-9-28)26(40)35(3)4)16-32-25(39)21-13-19(34-23-18(30)15-33-37(21)23)24(38)31-14-17-6-7-22-20(12-17)36(5)27(41)42-22/h6-7,12-13,15H,8-11,14,16H2,1-5H3,(H,31,38)(H,32,39). The molecule has 1 saturated carbocycles. The first-order valence-corrected chi connectivity index (χ1v) is 13.7. The summed E-state index contributed by atoms with van der Waals surface area (Å²) in [5.74, 6) is -2.30. The van der Waals surface area contributed by atoms with Crippen LogP contribution in [0, 0.1) is 16.6 Å². The molecule has 1 aliphatic carbocycles. The van der Waals surface area contributed by atoms with Gasteiger partial charge in [-0.3, -0.25) is 19.0 Å². The van der Waals surface area contributed by atoms with E-state index in [1.807, 2.05) is 6.92 Å². The average Bonchev–Trinajstić information content (AvgIpc) is 3.49. The number of hydrogen-bond acceptors (Lipinski definition) is 7. The molecular weight excluding hydrogens is 545 g/mol. The van der Waals surface area contributed by atoms with Crippen LogP contribution in [0.25, 0.3) is 16.7 Å². The Morgan fingerprint density at radius 2 is 1.79 bits per heavy atom. The van der Waals surface area contributed by atoms with Gasteiger partial charge in [0.1, 0.15) is 11.4 Å². The van der Waals surface area contributed by atoms with Crippen molar-refractivity contribution in [1.82, 2.24) is 34.7 Å². The molecule has 0 bridgehead atoms. The van der Waals surface area contributed by atoms with Gasteiger partial charge in [-0.1, -0.05) is 19.9 Å². The van der Waals surface area contributed by atoms with E-state index in [1.54, 1.807) is 44.2 Å². The molecule has 12 nitrogen and oxygen atoms in total. The zero-order valence-corrected chi connectivity index (χ0v) is 24.3. The lowest BCUT2D eigenvalue weighted by Crippen LogP contribution is -2.45. The molecule has 3 amide bonds. The molecule has 0 radical (unpaired) electrons. The minimum Gasteiger partial charge on any atom is -0.408 e. The minimum atomic E-state index is -0.769. The van der Waals surface area contributed by atoms with Crippen LogP contribution in [0.1, 0.15) is 66.1 Å². The van der Waals surface area contributed by atoms with Gasteiger partial charge in [0.05, 0.1) is 11.7 Å². The Morgan fingerprint density at radius 3 is 2.48 bits per heavy atom. The summed E-state index contributed by atoms with van der Waals surface area (Å²) < 4.78 is 22.1. The Hall–Kier alpha value is -4.55. The Bertz CT molecular complexity index is 1760. The number of carbonyl (C=O) groups is 3. The normalized spacial score (nSPS) is 20.5. The van der Waals surface area contributed by atoms with Crippen molar-refractivity contribution >= 4 is 34.5 Å². The van der Waals surface area contributed by atoms with E-state index in [9.17, 15) is 23.6 Å². The Labute approximate surface area is 240 Å². The highest BCUT2D eigenvalue weighted by molar-refractivity contribution is 5.98. The molecule has 2 N–H and O–H groups in total. The molecule has 5 rings (SSSR count). The highest BCUT2D eigenvalue weighted by Crippen LogP contribution is 2.45. The quantitative estimate of drug-likeness (QED) is 0.343. The van der Waals surface area contributed by atoms with Gasteiger partial charge in [0, 0.05) is 45.7 Å². The van der Waals surface area contributed by atoms with Crippen LogP contribution in [0.5, 0.6) is 0 Å². The number of aromatic nitrogens is 4. The Morgan fingerprint density at radius 1 is 1.07 bits per heavy atom. The van der Waals surface area contributed by atoms with Crippen LogP contribution in [-0.4, -0.2) is 62.4 Å². The van der Waals surface area contributed by atoms with Crippen molar-refractivity contribution in [3.05, 3.63) is 63.8 Å². The number of hydrogen-bond donors (Lipinski definition) is 2. The summed E-state index contributed by atoms with van der Waals surface area (Å²) in [5.41, 5.74) is 0.613. The minimum absolute atomic E-state index is 0.0316. The number of nitrogens with zero attached hydrogens (tertiary/aromatic N) is 5. The van der Waals surface area contributed by atoms with Crippen LogP contribution in [0.3, 0.4) is 0 Å². The number of benzene rings is 1. The van der Waals surface area contributed by atoms with Gasteiger partial charge in [-0.15, -0.1) is 0 Å². The predicted octanol–water partition coefficient (Wildman–Crippen LogP) is 2.65. The van der Waals surface area contributed by atoms with Crippen molar-refractivity contribution in [2.45, 2.75) is 46.1 Å². The molecule has 0 saturated heterocycles. The van der Waals surface area contributed by atoms with Crippen LogP contribution >= 0.6 is 0 Å². The lowest BCUT2D eigenvalue weighted by molar-refractivity contribution is -0.141. The van der Waals surface area contributed by atoms with Crippen molar-refractivity contribution in [3.8, 4) is 0 Å². The van der Waals surface area contributed by atoms with Crippen molar-refractivity contribution in [3.63, 3.8) is 0 Å². The average molecular weight is 580 g/mol. The lowest BCUT2D eigenvalue weighted by Gasteiger charge is -2.43. The molecule has 0 spiro atoms. The van der Waals surface area contributed by atoms with Gasteiger partial charge < -0.3 is 20.0 Å². The van der Waals surface area contributed by atoms with Crippen molar-refractivity contribution in [2.75, 3.05) is 20.6 Å². The molecule has 3 aromatic heterocycles. The SMILES string of the molecule is CN(C)C(=O)C1(C)CCC(C)(CNC(=O)c2cc(C(=O)NCc3ccc4oc(=O)n(C)c4c3)nc3c(F)cnn23)CC1. The molecule has 0 atom stereocenters. The maximum Gasteiger partial charge on any atom is 0.419 e. The van der Waals surface area contributed by atoms with Crippen LogP contribution < -0.4 is 16.4 Å². The summed E-state index contributed by atoms with van der Waals surface area (Å²) in [6.07, 6.45) is 3.84. The topological polar surface area (TPSA) is 144 Å². The molecule has 1 aliphatic rings. The second kappa shape index (κ2) is 10.7. The van der Waals surface area contributed by atoms with Crippen LogP contribution in [0.2, 0.25) is 0 Å². The Balaban J connectivity index is 1.30. The Kier molecular flexibility index (Phi) is 7.37. The number of fused-ring (bicyclic) bond motifs is 2. The van der Waals surface area contributed by atoms with Crippen LogP contribution in [0.15, 0.2) is 39.7 Å². The first kappa shape index (κ1) is 29.0. The van der Waals surface area contributed by atoms with E-state index in [4.69, 9.17) is 4.42 Å².